The molecule has 1 saturated heterocycles. The number of hydrogen-bond acceptors (Lipinski definition) is 4. The molecule has 2 aliphatic heterocycles. The Hall–Kier alpha value is -1.92. The number of amides is 2. The van der Waals surface area contributed by atoms with Crippen LogP contribution in [0, 0.1) is 5.41 Å². The quantitative estimate of drug-likeness (QED) is 0.821. The van der Waals surface area contributed by atoms with E-state index in [0.717, 1.165) is 44.6 Å². The van der Waals surface area contributed by atoms with Crippen molar-refractivity contribution in [1.82, 2.24) is 9.80 Å². The van der Waals surface area contributed by atoms with Gasteiger partial charge in [0.15, 0.2) is 0 Å². The van der Waals surface area contributed by atoms with Crippen LogP contribution < -0.4 is 10.6 Å². The van der Waals surface area contributed by atoms with Gasteiger partial charge in [0, 0.05) is 45.0 Å². The van der Waals surface area contributed by atoms with Gasteiger partial charge in [0.25, 0.3) is 0 Å². The summed E-state index contributed by atoms with van der Waals surface area (Å²) in [5, 5.41) is 0. The van der Waals surface area contributed by atoms with Gasteiger partial charge in [-0.1, -0.05) is 32.0 Å². The highest BCUT2D eigenvalue weighted by Gasteiger charge is 2.38. The molecule has 0 spiro atoms. The number of hydrogen-bond donors (Lipinski definition) is 1. The number of carbonyl (C=O) groups excluding carboxylic acids is 2. The Balaban J connectivity index is 1.54. The minimum atomic E-state index is -0.433. The van der Waals surface area contributed by atoms with E-state index in [0.29, 0.717) is 26.2 Å². The summed E-state index contributed by atoms with van der Waals surface area (Å²) < 4.78 is 0. The first kappa shape index (κ1) is 19.8. The first-order valence-corrected chi connectivity index (χ1v) is 10.1. The molecule has 0 aromatic heterocycles. The maximum absolute atomic E-state index is 12.9. The highest BCUT2D eigenvalue weighted by molar-refractivity contribution is 5.96. The van der Waals surface area contributed by atoms with Gasteiger partial charge in [-0.25, -0.2) is 0 Å². The van der Waals surface area contributed by atoms with E-state index in [9.17, 15) is 9.59 Å². The number of benzene rings is 1. The molecule has 0 atom stereocenters. The minimum Gasteiger partial charge on any atom is -0.340 e. The Morgan fingerprint density at radius 2 is 1.70 bits per heavy atom. The molecule has 0 bridgehead atoms. The Morgan fingerprint density at radius 1 is 1.04 bits per heavy atom. The van der Waals surface area contributed by atoms with Crippen LogP contribution in [0.1, 0.15) is 32.3 Å². The van der Waals surface area contributed by atoms with Gasteiger partial charge in [0.2, 0.25) is 11.8 Å². The second-order valence-corrected chi connectivity index (χ2v) is 7.68. The predicted molar refractivity (Wildman–Crippen MR) is 108 cm³/mol. The van der Waals surface area contributed by atoms with E-state index >= 15 is 0 Å². The van der Waals surface area contributed by atoms with Crippen LogP contribution in [-0.2, 0) is 16.0 Å². The van der Waals surface area contributed by atoms with Crippen LogP contribution in [0.4, 0.5) is 5.69 Å². The fourth-order valence-electron chi connectivity index (χ4n) is 4.25. The highest BCUT2D eigenvalue weighted by Crippen LogP contribution is 2.29. The summed E-state index contributed by atoms with van der Waals surface area (Å²) in [5.74, 6) is 0.326. The smallest absolute Gasteiger partial charge is 0.241 e. The number of piperazine rings is 1. The molecule has 0 aliphatic carbocycles. The fourth-order valence-corrected chi connectivity index (χ4v) is 4.25. The van der Waals surface area contributed by atoms with Gasteiger partial charge >= 0.3 is 0 Å². The average Bonchev–Trinajstić information content (AvgIpc) is 3.14. The van der Waals surface area contributed by atoms with Gasteiger partial charge in [-0.15, -0.1) is 0 Å². The van der Waals surface area contributed by atoms with E-state index < -0.39 is 5.41 Å². The van der Waals surface area contributed by atoms with Crippen molar-refractivity contribution in [2.24, 2.45) is 11.1 Å². The normalized spacial score (nSPS) is 17.9. The third-order valence-corrected chi connectivity index (χ3v) is 6.40. The van der Waals surface area contributed by atoms with Crippen molar-refractivity contribution in [3.05, 3.63) is 29.8 Å². The lowest BCUT2D eigenvalue weighted by Gasteiger charge is -2.40. The number of rotatable bonds is 6. The van der Waals surface area contributed by atoms with E-state index in [1.807, 2.05) is 41.8 Å². The predicted octanol–water partition coefficient (Wildman–Crippen LogP) is 1.49. The topological polar surface area (TPSA) is 69.9 Å². The molecular weight excluding hydrogens is 340 g/mol. The van der Waals surface area contributed by atoms with Gasteiger partial charge in [-0.05, 0) is 30.9 Å². The molecule has 0 unspecified atom stereocenters. The lowest BCUT2D eigenvalue weighted by Crippen LogP contribution is -2.56. The molecule has 1 fully saturated rings. The van der Waals surface area contributed by atoms with Crippen molar-refractivity contribution in [3.8, 4) is 0 Å². The number of carbonyl (C=O) groups is 2. The molecule has 3 rings (SSSR count). The number of fused-ring (bicyclic) bond motifs is 1. The van der Waals surface area contributed by atoms with Crippen molar-refractivity contribution in [1.29, 1.82) is 0 Å². The summed E-state index contributed by atoms with van der Waals surface area (Å²) in [7, 11) is 0. The second-order valence-electron chi connectivity index (χ2n) is 7.68. The Bertz CT molecular complexity index is 670. The molecule has 148 valence electrons. The average molecular weight is 373 g/mol. The highest BCUT2D eigenvalue weighted by atomic mass is 16.2. The summed E-state index contributed by atoms with van der Waals surface area (Å²) in [6.45, 7) is 8.47. The zero-order chi connectivity index (χ0) is 19.4. The Kier molecular flexibility index (Phi) is 6.17. The van der Waals surface area contributed by atoms with Gasteiger partial charge in [-0.3, -0.25) is 14.5 Å². The number of nitrogens with zero attached hydrogens (tertiary/aromatic N) is 3. The molecule has 2 amide bonds. The number of anilines is 1. The molecular formula is C21H32N4O2. The van der Waals surface area contributed by atoms with Crippen LogP contribution in [0.5, 0.6) is 0 Å². The summed E-state index contributed by atoms with van der Waals surface area (Å²) in [6, 6.07) is 8.13. The molecule has 2 aliphatic rings. The third kappa shape index (κ3) is 3.87. The van der Waals surface area contributed by atoms with Crippen LogP contribution in [-0.4, -0.2) is 67.4 Å². The van der Waals surface area contributed by atoms with Crippen molar-refractivity contribution >= 4 is 17.5 Å². The summed E-state index contributed by atoms with van der Waals surface area (Å²) in [6.07, 6.45) is 2.47. The summed E-state index contributed by atoms with van der Waals surface area (Å²) >= 11 is 0. The maximum atomic E-state index is 12.9. The summed E-state index contributed by atoms with van der Waals surface area (Å²) in [5.41, 5.74) is 7.80. The van der Waals surface area contributed by atoms with E-state index in [2.05, 4.69) is 11.0 Å². The third-order valence-electron chi connectivity index (χ3n) is 6.40. The fraction of sp³-hybridized carbons (Fsp3) is 0.619. The van der Waals surface area contributed by atoms with E-state index in [4.69, 9.17) is 5.73 Å². The zero-order valence-electron chi connectivity index (χ0n) is 16.6. The molecule has 2 heterocycles. The zero-order valence-corrected chi connectivity index (χ0v) is 16.6. The monoisotopic (exact) mass is 372 g/mol. The summed E-state index contributed by atoms with van der Waals surface area (Å²) in [4.78, 5) is 31.7. The molecule has 6 nitrogen and oxygen atoms in total. The van der Waals surface area contributed by atoms with Crippen molar-refractivity contribution < 1.29 is 9.59 Å². The Labute approximate surface area is 162 Å². The second kappa shape index (κ2) is 8.40. The van der Waals surface area contributed by atoms with Crippen LogP contribution in [0.2, 0.25) is 0 Å². The molecule has 1 aromatic carbocycles. The van der Waals surface area contributed by atoms with Crippen molar-refractivity contribution in [3.63, 3.8) is 0 Å². The van der Waals surface area contributed by atoms with Crippen LogP contribution in [0.15, 0.2) is 24.3 Å². The first-order chi connectivity index (χ1) is 13.0. The lowest BCUT2D eigenvalue weighted by atomic mass is 9.81. The number of para-hydroxylation sites is 1. The van der Waals surface area contributed by atoms with E-state index in [-0.39, 0.29) is 11.8 Å². The molecule has 0 radical (unpaired) electrons. The van der Waals surface area contributed by atoms with E-state index in [1.165, 1.54) is 5.56 Å². The molecule has 1 aromatic rings. The van der Waals surface area contributed by atoms with Crippen LogP contribution in [0.25, 0.3) is 0 Å². The van der Waals surface area contributed by atoms with Gasteiger partial charge in [-0.2, -0.15) is 0 Å². The maximum Gasteiger partial charge on any atom is 0.241 e. The molecule has 6 heteroatoms. The molecule has 2 N–H and O–H groups in total. The van der Waals surface area contributed by atoms with Gasteiger partial charge in [0.05, 0.1) is 12.0 Å². The lowest BCUT2D eigenvalue weighted by molar-refractivity contribution is -0.144. The molecule has 0 saturated carbocycles. The largest absolute Gasteiger partial charge is 0.340 e. The number of nitrogens with two attached hydrogens (primary N) is 1. The van der Waals surface area contributed by atoms with Crippen LogP contribution in [0.3, 0.4) is 0 Å². The van der Waals surface area contributed by atoms with Gasteiger partial charge < -0.3 is 15.5 Å². The minimum absolute atomic E-state index is 0.151. The molecule has 27 heavy (non-hydrogen) atoms. The van der Waals surface area contributed by atoms with Crippen molar-refractivity contribution in [2.75, 3.05) is 50.7 Å². The first-order valence-electron chi connectivity index (χ1n) is 10.1. The standard InChI is InChI=1S/C21H32N4O2/c1-3-21(4-2,16-22)20(27)24-13-11-23(12-14-24)15-19(26)25-10-9-17-7-5-6-8-18(17)25/h5-8H,3-4,9-16,22H2,1-2H3. The van der Waals surface area contributed by atoms with Gasteiger partial charge in [0.1, 0.15) is 0 Å². The Morgan fingerprint density at radius 3 is 2.33 bits per heavy atom. The van der Waals surface area contributed by atoms with Crippen molar-refractivity contribution in [2.45, 2.75) is 33.1 Å². The van der Waals surface area contributed by atoms with E-state index in [1.54, 1.807) is 0 Å². The van der Waals surface area contributed by atoms with Crippen LogP contribution >= 0.6 is 0 Å². The SMILES string of the molecule is CCC(CC)(CN)C(=O)N1CCN(CC(=O)N2CCc3ccccc32)CC1.